The summed E-state index contributed by atoms with van der Waals surface area (Å²) in [6.07, 6.45) is 6.37. The molecule has 0 aliphatic heterocycles. The van der Waals surface area contributed by atoms with Crippen LogP contribution in [0.4, 0.5) is 5.82 Å². The van der Waals surface area contributed by atoms with E-state index in [1.165, 1.54) is 0 Å². The van der Waals surface area contributed by atoms with Crippen LogP contribution < -0.4 is 10.5 Å². The maximum absolute atomic E-state index is 11.3. The van der Waals surface area contributed by atoms with Crippen LogP contribution in [0.25, 0.3) is 28.0 Å². The number of rotatable bonds is 5. The van der Waals surface area contributed by atoms with E-state index < -0.39 is 5.97 Å². The fourth-order valence-corrected chi connectivity index (χ4v) is 5.17. The molecule has 0 saturated heterocycles. The van der Waals surface area contributed by atoms with Crippen molar-refractivity contribution in [1.82, 2.24) is 19.6 Å². The Balaban J connectivity index is 1.48. The van der Waals surface area contributed by atoms with E-state index in [2.05, 4.69) is 26.0 Å². The smallest absolute Gasteiger partial charge is 0.306 e. The minimum Gasteiger partial charge on any atom is -0.497 e. The van der Waals surface area contributed by atoms with Crippen LogP contribution in [-0.2, 0) is 4.79 Å². The zero-order valence-electron chi connectivity index (χ0n) is 18.6. The number of carbonyl (C=O) groups is 1. The number of nitrogens with two attached hydrogens (primary N) is 1. The molecule has 1 saturated carbocycles. The molecule has 0 amide bonds. The summed E-state index contributed by atoms with van der Waals surface area (Å²) in [7, 11) is 1.64. The van der Waals surface area contributed by atoms with Gasteiger partial charge in [0.25, 0.3) is 0 Å². The lowest BCUT2D eigenvalue weighted by atomic mass is 9.80. The van der Waals surface area contributed by atoms with Crippen LogP contribution in [-0.4, -0.2) is 37.8 Å². The Morgan fingerprint density at radius 2 is 1.79 bits per heavy atom. The minimum absolute atomic E-state index is 0.149. The van der Waals surface area contributed by atoms with Crippen LogP contribution in [0.3, 0.4) is 0 Å². The lowest BCUT2D eigenvalue weighted by Crippen LogP contribution is -2.21. The largest absolute Gasteiger partial charge is 0.497 e. The third-order valence-corrected chi connectivity index (χ3v) is 7.38. The molecule has 174 valence electrons. The maximum atomic E-state index is 11.3. The molecule has 3 aromatic heterocycles. The van der Waals surface area contributed by atoms with Crippen LogP contribution in [0.5, 0.6) is 5.75 Å². The van der Waals surface area contributed by atoms with E-state index in [9.17, 15) is 9.90 Å². The van der Waals surface area contributed by atoms with Crippen molar-refractivity contribution in [2.75, 3.05) is 12.8 Å². The van der Waals surface area contributed by atoms with Crippen LogP contribution in [0, 0.1) is 5.92 Å². The molecule has 1 fully saturated rings. The van der Waals surface area contributed by atoms with E-state index in [1.54, 1.807) is 17.8 Å². The average Bonchev–Trinajstić information content (AvgIpc) is 3.30. The second-order valence-corrected chi connectivity index (χ2v) is 9.33. The van der Waals surface area contributed by atoms with Gasteiger partial charge in [0.1, 0.15) is 11.6 Å². The van der Waals surface area contributed by atoms with Gasteiger partial charge in [0, 0.05) is 28.8 Å². The lowest BCUT2D eigenvalue weighted by Gasteiger charge is -2.26. The first-order chi connectivity index (χ1) is 16.5. The Morgan fingerprint density at radius 1 is 1.09 bits per heavy atom. The molecule has 1 aliphatic carbocycles. The second kappa shape index (κ2) is 9.06. The van der Waals surface area contributed by atoms with Gasteiger partial charge in [0.05, 0.1) is 35.1 Å². The number of pyridine rings is 1. The molecule has 1 aromatic carbocycles. The van der Waals surface area contributed by atoms with Gasteiger partial charge in [-0.2, -0.15) is 9.61 Å². The highest BCUT2D eigenvalue weighted by Crippen LogP contribution is 2.40. The molecule has 0 unspecified atom stereocenters. The highest BCUT2D eigenvalue weighted by molar-refractivity contribution is 9.10. The van der Waals surface area contributed by atoms with E-state index in [0.717, 1.165) is 51.1 Å². The van der Waals surface area contributed by atoms with Crippen molar-refractivity contribution in [3.05, 3.63) is 59.0 Å². The zero-order chi connectivity index (χ0) is 23.8. The van der Waals surface area contributed by atoms with Gasteiger partial charge in [-0.05, 0) is 71.9 Å². The fourth-order valence-electron chi connectivity index (χ4n) is 4.59. The van der Waals surface area contributed by atoms with Crippen LogP contribution in [0.15, 0.2) is 53.3 Å². The third kappa shape index (κ3) is 4.00. The number of hydrogen-bond acceptors (Lipinski definition) is 6. The van der Waals surface area contributed by atoms with Crippen molar-refractivity contribution in [2.24, 2.45) is 5.92 Å². The number of carboxylic acid groups (broad SMARTS) is 1. The Kier molecular flexibility index (Phi) is 5.95. The SMILES string of the molecule is COc1ccc(-c2ccc(-c3cnn4c(N)c(Br)c(C5CCC(C(=O)O)CC5)nc34)cn2)cc1. The number of carboxylic acids is 1. The lowest BCUT2D eigenvalue weighted by molar-refractivity contribution is -0.142. The van der Waals surface area contributed by atoms with E-state index in [4.69, 9.17) is 15.5 Å². The Morgan fingerprint density at radius 3 is 2.41 bits per heavy atom. The van der Waals surface area contributed by atoms with Crippen molar-refractivity contribution < 1.29 is 14.6 Å². The number of benzene rings is 1. The Bertz CT molecular complexity index is 1340. The van der Waals surface area contributed by atoms with E-state index >= 15 is 0 Å². The standard InChI is InChI=1S/C25H24BrN5O3/c1-34-18-9-6-14(7-10-18)20-11-8-17(12-28-20)19-13-29-31-23(27)21(26)22(30-24(19)31)15-2-4-16(5-3-15)25(32)33/h6-13,15-16H,2-5,27H2,1H3,(H,32,33). The molecule has 4 aromatic rings. The molecule has 0 spiro atoms. The first-order valence-corrected chi connectivity index (χ1v) is 11.9. The quantitative estimate of drug-likeness (QED) is 0.372. The number of nitrogen functional groups attached to an aromatic ring is 1. The number of fused-ring (bicyclic) bond motifs is 1. The van der Waals surface area contributed by atoms with E-state index in [1.807, 2.05) is 42.6 Å². The van der Waals surface area contributed by atoms with Crippen molar-refractivity contribution >= 4 is 33.4 Å². The molecule has 34 heavy (non-hydrogen) atoms. The first kappa shape index (κ1) is 22.3. The third-order valence-electron chi connectivity index (χ3n) is 6.57. The summed E-state index contributed by atoms with van der Waals surface area (Å²) in [6.45, 7) is 0. The number of nitrogens with zero attached hydrogens (tertiary/aromatic N) is 4. The van der Waals surface area contributed by atoms with Gasteiger partial charge in [-0.3, -0.25) is 9.78 Å². The molecule has 1 aliphatic rings. The summed E-state index contributed by atoms with van der Waals surface area (Å²) in [6, 6.07) is 11.7. The second-order valence-electron chi connectivity index (χ2n) is 8.54. The van der Waals surface area contributed by atoms with Crippen LogP contribution in [0.1, 0.15) is 37.3 Å². The van der Waals surface area contributed by atoms with Gasteiger partial charge in [-0.1, -0.05) is 6.07 Å². The van der Waals surface area contributed by atoms with Gasteiger partial charge >= 0.3 is 5.97 Å². The number of anilines is 1. The average molecular weight is 522 g/mol. The predicted molar refractivity (Wildman–Crippen MR) is 133 cm³/mol. The maximum Gasteiger partial charge on any atom is 0.306 e. The predicted octanol–water partition coefficient (Wildman–Crippen LogP) is 5.17. The molecule has 0 radical (unpaired) electrons. The van der Waals surface area contributed by atoms with Crippen molar-refractivity contribution in [2.45, 2.75) is 31.6 Å². The number of aromatic nitrogens is 4. The molecule has 0 bridgehead atoms. The van der Waals surface area contributed by atoms with Crippen LogP contribution >= 0.6 is 15.9 Å². The van der Waals surface area contributed by atoms with Crippen molar-refractivity contribution in [3.8, 4) is 28.1 Å². The molecule has 3 heterocycles. The summed E-state index contributed by atoms with van der Waals surface area (Å²) in [5.74, 6) is 0.430. The first-order valence-electron chi connectivity index (χ1n) is 11.1. The highest BCUT2D eigenvalue weighted by Gasteiger charge is 2.30. The monoisotopic (exact) mass is 521 g/mol. The molecule has 8 nitrogen and oxygen atoms in total. The Labute approximate surface area is 204 Å². The highest BCUT2D eigenvalue weighted by atomic mass is 79.9. The Hall–Kier alpha value is -3.46. The van der Waals surface area contributed by atoms with Gasteiger partial charge in [0.15, 0.2) is 5.65 Å². The van der Waals surface area contributed by atoms with Gasteiger partial charge < -0.3 is 15.6 Å². The molecular weight excluding hydrogens is 498 g/mol. The molecule has 3 N–H and O–H groups in total. The molecule has 5 rings (SSSR count). The topological polar surface area (TPSA) is 116 Å². The van der Waals surface area contributed by atoms with Gasteiger partial charge in [0.2, 0.25) is 0 Å². The summed E-state index contributed by atoms with van der Waals surface area (Å²) >= 11 is 3.61. The molecule has 9 heteroatoms. The number of halogens is 1. The van der Waals surface area contributed by atoms with Crippen LogP contribution in [0.2, 0.25) is 0 Å². The van der Waals surface area contributed by atoms with Crippen molar-refractivity contribution in [3.63, 3.8) is 0 Å². The number of hydrogen-bond donors (Lipinski definition) is 2. The van der Waals surface area contributed by atoms with E-state index in [0.29, 0.717) is 24.3 Å². The summed E-state index contributed by atoms with van der Waals surface area (Å²) in [5, 5.41) is 13.8. The minimum atomic E-state index is -0.718. The zero-order valence-corrected chi connectivity index (χ0v) is 20.2. The number of methoxy groups -OCH3 is 1. The fraction of sp³-hybridized carbons (Fsp3) is 0.280. The normalized spacial score (nSPS) is 18.2. The van der Waals surface area contributed by atoms with Gasteiger partial charge in [-0.25, -0.2) is 4.98 Å². The van der Waals surface area contributed by atoms with Crippen molar-refractivity contribution in [1.29, 1.82) is 0 Å². The van der Waals surface area contributed by atoms with E-state index in [-0.39, 0.29) is 11.8 Å². The number of ether oxygens (including phenoxy) is 1. The summed E-state index contributed by atoms with van der Waals surface area (Å²) < 4.78 is 7.58. The summed E-state index contributed by atoms with van der Waals surface area (Å²) in [4.78, 5) is 20.9. The molecule has 0 atom stereocenters. The number of aliphatic carboxylic acids is 1. The van der Waals surface area contributed by atoms with Gasteiger partial charge in [-0.15, -0.1) is 0 Å². The summed E-state index contributed by atoms with van der Waals surface area (Å²) in [5.41, 5.74) is 11.5. The molecular formula is C25H24BrN5O3.